The highest BCUT2D eigenvalue weighted by Gasteiger charge is 2.25. The van der Waals surface area contributed by atoms with Crippen molar-refractivity contribution in [3.8, 4) is 0 Å². The van der Waals surface area contributed by atoms with Crippen LogP contribution in [0.2, 0.25) is 0 Å². The molecule has 0 spiro atoms. The molecule has 0 saturated carbocycles. The van der Waals surface area contributed by atoms with Crippen LogP contribution in [0.25, 0.3) is 0 Å². The fourth-order valence-corrected chi connectivity index (χ4v) is 3.12. The Kier molecular flexibility index (Phi) is 5.32. The monoisotopic (exact) mass is 300 g/mol. The fraction of sp³-hybridized carbons (Fsp3) is 0.571. The van der Waals surface area contributed by atoms with Crippen molar-refractivity contribution in [1.82, 2.24) is 9.62 Å². The third-order valence-electron chi connectivity index (χ3n) is 3.76. The molecule has 0 aliphatic heterocycles. The first kappa shape index (κ1) is 17.1. The molecule has 20 heavy (non-hydrogen) atoms. The SMILES string of the molecule is Cc1c(CO)cccc1S(=O)(=O)NCC(C)(C)N(C)C. The van der Waals surface area contributed by atoms with Crippen molar-refractivity contribution in [2.45, 2.75) is 37.8 Å². The molecule has 1 rings (SSSR count). The molecule has 0 saturated heterocycles. The highest BCUT2D eigenvalue weighted by molar-refractivity contribution is 7.89. The summed E-state index contributed by atoms with van der Waals surface area (Å²) in [7, 11) is 0.239. The lowest BCUT2D eigenvalue weighted by atomic mass is 10.1. The van der Waals surface area contributed by atoms with Crippen LogP contribution < -0.4 is 4.72 Å². The lowest BCUT2D eigenvalue weighted by molar-refractivity contribution is 0.199. The van der Waals surface area contributed by atoms with Gasteiger partial charge in [0.2, 0.25) is 10.0 Å². The zero-order valence-electron chi connectivity index (χ0n) is 12.8. The molecule has 0 fully saturated rings. The number of hydrogen-bond donors (Lipinski definition) is 2. The summed E-state index contributed by atoms with van der Waals surface area (Å²) in [5, 5.41) is 9.22. The maximum Gasteiger partial charge on any atom is 0.240 e. The lowest BCUT2D eigenvalue weighted by Gasteiger charge is -2.32. The Hall–Kier alpha value is -0.950. The van der Waals surface area contributed by atoms with Crippen molar-refractivity contribution in [3.63, 3.8) is 0 Å². The summed E-state index contributed by atoms with van der Waals surface area (Å²) < 4.78 is 27.4. The molecule has 6 heteroatoms. The molecule has 0 amide bonds. The molecule has 0 atom stereocenters. The van der Waals surface area contributed by atoms with Crippen LogP contribution in [0, 0.1) is 6.92 Å². The Morgan fingerprint density at radius 2 is 1.90 bits per heavy atom. The van der Waals surface area contributed by atoms with Crippen molar-refractivity contribution < 1.29 is 13.5 Å². The fourth-order valence-electron chi connectivity index (χ4n) is 1.63. The minimum atomic E-state index is -3.58. The average Bonchev–Trinajstić information content (AvgIpc) is 2.36. The van der Waals surface area contributed by atoms with E-state index in [2.05, 4.69) is 4.72 Å². The van der Waals surface area contributed by atoms with Crippen LogP contribution in [0.5, 0.6) is 0 Å². The molecule has 0 aromatic heterocycles. The Labute approximate surface area is 121 Å². The van der Waals surface area contributed by atoms with E-state index in [0.29, 0.717) is 17.7 Å². The number of hydrogen-bond acceptors (Lipinski definition) is 4. The van der Waals surface area contributed by atoms with Gasteiger partial charge in [-0.3, -0.25) is 0 Å². The first-order chi connectivity index (χ1) is 9.12. The third kappa shape index (κ3) is 3.79. The molecular weight excluding hydrogens is 276 g/mol. The Morgan fingerprint density at radius 1 is 1.30 bits per heavy atom. The van der Waals surface area contributed by atoms with Gasteiger partial charge in [0, 0.05) is 12.1 Å². The van der Waals surface area contributed by atoms with Gasteiger partial charge in [0.25, 0.3) is 0 Å². The second-order valence-corrected chi connectivity index (χ2v) is 7.47. The molecule has 5 nitrogen and oxygen atoms in total. The van der Waals surface area contributed by atoms with Gasteiger partial charge in [-0.1, -0.05) is 12.1 Å². The van der Waals surface area contributed by atoms with E-state index in [1.807, 2.05) is 32.8 Å². The first-order valence-corrected chi connectivity index (χ1v) is 7.96. The summed E-state index contributed by atoms with van der Waals surface area (Å²) in [4.78, 5) is 2.19. The molecular formula is C14H24N2O3S. The molecule has 1 aromatic carbocycles. The van der Waals surface area contributed by atoms with Gasteiger partial charge in [0.15, 0.2) is 0 Å². The van der Waals surface area contributed by atoms with Crippen LogP contribution in [-0.2, 0) is 16.6 Å². The number of benzene rings is 1. The zero-order chi connectivity index (χ0) is 15.6. The predicted octanol–water partition coefficient (Wildman–Crippen LogP) is 1.11. The molecule has 0 radical (unpaired) electrons. The van der Waals surface area contributed by atoms with Crippen molar-refractivity contribution in [2.24, 2.45) is 0 Å². The molecule has 0 unspecified atom stereocenters. The molecule has 0 aliphatic carbocycles. The van der Waals surface area contributed by atoms with Crippen LogP contribution in [-0.4, -0.2) is 44.6 Å². The van der Waals surface area contributed by atoms with Gasteiger partial charge in [-0.2, -0.15) is 0 Å². The van der Waals surface area contributed by atoms with Crippen LogP contribution >= 0.6 is 0 Å². The topological polar surface area (TPSA) is 69.6 Å². The van der Waals surface area contributed by atoms with Gasteiger partial charge in [-0.05, 0) is 52.1 Å². The third-order valence-corrected chi connectivity index (χ3v) is 5.31. The van der Waals surface area contributed by atoms with E-state index >= 15 is 0 Å². The van der Waals surface area contributed by atoms with E-state index in [1.54, 1.807) is 25.1 Å². The number of nitrogens with zero attached hydrogens (tertiary/aromatic N) is 1. The van der Waals surface area contributed by atoms with Crippen LogP contribution in [0.15, 0.2) is 23.1 Å². The van der Waals surface area contributed by atoms with Gasteiger partial charge < -0.3 is 10.0 Å². The van der Waals surface area contributed by atoms with Crippen molar-refractivity contribution in [3.05, 3.63) is 29.3 Å². The van der Waals surface area contributed by atoms with E-state index in [9.17, 15) is 13.5 Å². The second kappa shape index (κ2) is 6.22. The van der Waals surface area contributed by atoms with E-state index in [4.69, 9.17) is 0 Å². The summed E-state index contributed by atoms with van der Waals surface area (Å²) in [6.07, 6.45) is 0. The predicted molar refractivity (Wildman–Crippen MR) is 80.1 cm³/mol. The van der Waals surface area contributed by atoms with E-state index in [-0.39, 0.29) is 17.0 Å². The van der Waals surface area contributed by atoms with Gasteiger partial charge in [-0.15, -0.1) is 0 Å². The van der Waals surface area contributed by atoms with Crippen molar-refractivity contribution in [1.29, 1.82) is 0 Å². The number of rotatable bonds is 6. The minimum absolute atomic E-state index is 0.168. The molecule has 2 N–H and O–H groups in total. The largest absolute Gasteiger partial charge is 0.392 e. The highest BCUT2D eigenvalue weighted by Crippen LogP contribution is 2.19. The number of aliphatic hydroxyl groups is 1. The van der Waals surface area contributed by atoms with Gasteiger partial charge >= 0.3 is 0 Å². The molecule has 1 aromatic rings. The normalized spacial score (nSPS) is 12.9. The summed E-state index contributed by atoms with van der Waals surface area (Å²) in [6.45, 7) is 5.78. The van der Waals surface area contributed by atoms with E-state index < -0.39 is 10.0 Å². The standard InChI is InChI=1S/C14H24N2O3S/c1-11-12(9-17)7-6-8-13(11)20(18,19)15-10-14(2,3)16(4)5/h6-8,15,17H,9-10H2,1-5H3. The smallest absolute Gasteiger partial charge is 0.240 e. The Morgan fingerprint density at radius 3 is 2.40 bits per heavy atom. The number of aliphatic hydroxyl groups excluding tert-OH is 1. The maximum absolute atomic E-state index is 12.4. The number of likely N-dealkylation sites (N-methyl/N-ethyl adjacent to an activating group) is 1. The lowest BCUT2D eigenvalue weighted by Crippen LogP contribution is -2.48. The Balaban J connectivity index is 3.01. The molecule has 0 bridgehead atoms. The van der Waals surface area contributed by atoms with Gasteiger partial charge in [-0.25, -0.2) is 13.1 Å². The number of nitrogens with one attached hydrogen (secondary N) is 1. The zero-order valence-corrected chi connectivity index (χ0v) is 13.6. The quantitative estimate of drug-likeness (QED) is 0.825. The maximum atomic E-state index is 12.4. The summed E-state index contributed by atoms with van der Waals surface area (Å²) in [5.41, 5.74) is 0.931. The van der Waals surface area contributed by atoms with Gasteiger partial charge in [0.05, 0.1) is 11.5 Å². The average molecular weight is 300 g/mol. The van der Waals surface area contributed by atoms with E-state index in [0.717, 1.165) is 0 Å². The van der Waals surface area contributed by atoms with E-state index in [1.165, 1.54) is 0 Å². The molecule has 0 aliphatic rings. The summed E-state index contributed by atoms with van der Waals surface area (Å²) in [5.74, 6) is 0. The minimum Gasteiger partial charge on any atom is -0.392 e. The summed E-state index contributed by atoms with van der Waals surface area (Å²) >= 11 is 0. The molecule has 0 heterocycles. The van der Waals surface area contributed by atoms with Crippen molar-refractivity contribution in [2.75, 3.05) is 20.6 Å². The first-order valence-electron chi connectivity index (χ1n) is 6.48. The van der Waals surface area contributed by atoms with Crippen LogP contribution in [0.1, 0.15) is 25.0 Å². The van der Waals surface area contributed by atoms with Gasteiger partial charge in [0.1, 0.15) is 0 Å². The second-order valence-electron chi connectivity index (χ2n) is 5.73. The van der Waals surface area contributed by atoms with Crippen molar-refractivity contribution >= 4 is 10.0 Å². The highest BCUT2D eigenvalue weighted by atomic mass is 32.2. The molecule has 114 valence electrons. The van der Waals surface area contributed by atoms with Crippen LogP contribution in [0.3, 0.4) is 0 Å². The van der Waals surface area contributed by atoms with Crippen LogP contribution in [0.4, 0.5) is 0 Å². The Bertz CT molecular complexity index is 566. The number of sulfonamides is 1. The summed E-state index contributed by atoms with van der Waals surface area (Å²) in [6, 6.07) is 4.92.